The normalized spacial score (nSPS) is 14.4. The number of nitrogens with one attached hydrogen (secondary N) is 1. The molecule has 0 saturated carbocycles. The van der Waals surface area contributed by atoms with Gasteiger partial charge in [-0.1, -0.05) is 48.8 Å². The number of likely N-dealkylation sites (N-methyl/N-ethyl adjacent to an activating group) is 1. The summed E-state index contributed by atoms with van der Waals surface area (Å²) in [5, 5.41) is 7.43. The van der Waals surface area contributed by atoms with Crippen molar-refractivity contribution in [1.82, 2.24) is 15.5 Å². The lowest BCUT2D eigenvalue weighted by Gasteiger charge is -2.23. The van der Waals surface area contributed by atoms with E-state index in [0.29, 0.717) is 18.4 Å². The molecule has 114 valence electrons. The zero-order valence-corrected chi connectivity index (χ0v) is 13.6. The molecule has 0 saturated heterocycles. The van der Waals surface area contributed by atoms with Crippen molar-refractivity contribution in [3.63, 3.8) is 0 Å². The minimum atomic E-state index is 0.230. The number of aryl methyl sites for hydroxylation is 1. The lowest BCUT2D eigenvalue weighted by atomic mass is 9.89. The first-order valence-corrected chi connectivity index (χ1v) is 7.56. The standard InChI is InChI=1S/C17H25N3O/c1-11(2)16(13(4)18-5)17-19-15(20-21-17)10-14-8-6-7-12(3)9-14/h6-9,11,13,16,18H,10H2,1-5H3. The quantitative estimate of drug-likeness (QED) is 0.885. The van der Waals surface area contributed by atoms with Crippen molar-refractivity contribution in [2.45, 2.75) is 46.1 Å². The van der Waals surface area contributed by atoms with Crippen molar-refractivity contribution < 1.29 is 4.52 Å². The Bertz CT molecular complexity index is 577. The largest absolute Gasteiger partial charge is 0.339 e. The predicted octanol–water partition coefficient (Wildman–Crippen LogP) is 3.32. The van der Waals surface area contributed by atoms with Crippen molar-refractivity contribution in [2.75, 3.05) is 7.05 Å². The topological polar surface area (TPSA) is 51.0 Å². The summed E-state index contributed by atoms with van der Waals surface area (Å²) in [6.45, 7) is 8.61. The third-order valence-electron chi connectivity index (χ3n) is 3.93. The molecule has 0 spiro atoms. The molecule has 2 rings (SSSR count). The van der Waals surface area contributed by atoms with Crippen LogP contribution >= 0.6 is 0 Å². The molecule has 2 atom stereocenters. The van der Waals surface area contributed by atoms with Crippen LogP contribution in [0.25, 0.3) is 0 Å². The molecule has 4 heteroatoms. The average molecular weight is 287 g/mol. The van der Waals surface area contributed by atoms with Gasteiger partial charge in [0.1, 0.15) is 0 Å². The van der Waals surface area contributed by atoms with Gasteiger partial charge in [-0.15, -0.1) is 0 Å². The molecule has 0 amide bonds. The van der Waals surface area contributed by atoms with Crippen LogP contribution in [0.2, 0.25) is 0 Å². The number of rotatable bonds is 6. The van der Waals surface area contributed by atoms with E-state index in [4.69, 9.17) is 4.52 Å². The Hall–Kier alpha value is -1.68. The average Bonchev–Trinajstić information content (AvgIpc) is 2.86. The predicted molar refractivity (Wildman–Crippen MR) is 84.4 cm³/mol. The molecular formula is C17H25N3O. The van der Waals surface area contributed by atoms with E-state index in [-0.39, 0.29) is 5.92 Å². The van der Waals surface area contributed by atoms with Gasteiger partial charge in [0.05, 0.1) is 5.92 Å². The summed E-state index contributed by atoms with van der Waals surface area (Å²) >= 11 is 0. The Kier molecular flexibility index (Phi) is 5.12. The molecule has 2 aromatic rings. The van der Waals surface area contributed by atoms with E-state index in [0.717, 1.165) is 11.7 Å². The lowest BCUT2D eigenvalue weighted by Crippen LogP contribution is -2.32. The fourth-order valence-electron chi connectivity index (χ4n) is 2.74. The summed E-state index contributed by atoms with van der Waals surface area (Å²) < 4.78 is 5.51. The Labute approximate surface area is 127 Å². The van der Waals surface area contributed by atoms with Crippen molar-refractivity contribution in [3.05, 3.63) is 47.1 Å². The molecule has 2 unspecified atom stereocenters. The van der Waals surface area contributed by atoms with E-state index in [1.54, 1.807) is 0 Å². The minimum absolute atomic E-state index is 0.230. The third kappa shape index (κ3) is 3.91. The van der Waals surface area contributed by atoms with Crippen LogP contribution in [-0.2, 0) is 6.42 Å². The summed E-state index contributed by atoms with van der Waals surface area (Å²) in [6.07, 6.45) is 0.712. The van der Waals surface area contributed by atoms with E-state index >= 15 is 0 Å². The molecule has 0 radical (unpaired) electrons. The van der Waals surface area contributed by atoms with Crippen LogP contribution in [0.3, 0.4) is 0 Å². The van der Waals surface area contributed by atoms with Gasteiger partial charge in [-0.3, -0.25) is 0 Å². The number of hydrogen-bond acceptors (Lipinski definition) is 4. The molecule has 0 bridgehead atoms. The highest BCUT2D eigenvalue weighted by Gasteiger charge is 2.27. The van der Waals surface area contributed by atoms with Crippen molar-refractivity contribution in [1.29, 1.82) is 0 Å². The molecule has 1 heterocycles. The van der Waals surface area contributed by atoms with Crippen LogP contribution in [0.1, 0.15) is 49.5 Å². The first-order valence-electron chi connectivity index (χ1n) is 7.56. The maximum absolute atomic E-state index is 5.51. The Morgan fingerprint density at radius 2 is 2.00 bits per heavy atom. The number of aromatic nitrogens is 2. The van der Waals surface area contributed by atoms with Crippen LogP contribution < -0.4 is 5.32 Å². The summed E-state index contributed by atoms with van der Waals surface area (Å²) in [5.74, 6) is 2.16. The molecule has 1 N–H and O–H groups in total. The second-order valence-electron chi connectivity index (χ2n) is 6.06. The molecular weight excluding hydrogens is 262 g/mol. The molecule has 0 fully saturated rings. The molecule has 1 aromatic carbocycles. The van der Waals surface area contributed by atoms with Gasteiger partial charge in [-0.25, -0.2) is 0 Å². The van der Waals surface area contributed by atoms with Gasteiger partial charge in [-0.05, 0) is 32.4 Å². The van der Waals surface area contributed by atoms with Gasteiger partial charge in [0.25, 0.3) is 0 Å². The highest BCUT2D eigenvalue weighted by Crippen LogP contribution is 2.26. The second-order valence-corrected chi connectivity index (χ2v) is 6.06. The fraction of sp³-hybridized carbons (Fsp3) is 0.529. The first-order chi connectivity index (χ1) is 10.0. The van der Waals surface area contributed by atoms with E-state index in [1.165, 1.54) is 11.1 Å². The van der Waals surface area contributed by atoms with E-state index < -0.39 is 0 Å². The highest BCUT2D eigenvalue weighted by atomic mass is 16.5. The first kappa shape index (κ1) is 15.7. The van der Waals surface area contributed by atoms with Gasteiger partial charge in [0.2, 0.25) is 5.89 Å². The van der Waals surface area contributed by atoms with Gasteiger partial charge < -0.3 is 9.84 Å². The molecule has 4 nitrogen and oxygen atoms in total. The fourth-order valence-corrected chi connectivity index (χ4v) is 2.74. The summed E-state index contributed by atoms with van der Waals surface area (Å²) in [7, 11) is 1.96. The van der Waals surface area contributed by atoms with Gasteiger partial charge in [-0.2, -0.15) is 4.98 Å². The highest BCUT2D eigenvalue weighted by molar-refractivity contribution is 5.24. The Morgan fingerprint density at radius 3 is 2.62 bits per heavy atom. The van der Waals surface area contributed by atoms with Crippen molar-refractivity contribution in [2.24, 2.45) is 5.92 Å². The maximum Gasteiger partial charge on any atom is 0.231 e. The van der Waals surface area contributed by atoms with E-state index in [9.17, 15) is 0 Å². The SMILES string of the molecule is CNC(C)C(c1nc(Cc2cccc(C)c2)no1)C(C)C. The summed E-state index contributed by atoms with van der Waals surface area (Å²) in [6, 6.07) is 8.71. The minimum Gasteiger partial charge on any atom is -0.339 e. The monoisotopic (exact) mass is 287 g/mol. The van der Waals surface area contributed by atoms with Crippen LogP contribution in [-0.4, -0.2) is 23.2 Å². The van der Waals surface area contributed by atoms with Crippen LogP contribution in [0, 0.1) is 12.8 Å². The lowest BCUT2D eigenvalue weighted by molar-refractivity contribution is 0.285. The van der Waals surface area contributed by atoms with Gasteiger partial charge in [0.15, 0.2) is 5.82 Å². The summed E-state index contributed by atoms with van der Waals surface area (Å²) in [4.78, 5) is 4.61. The molecule has 21 heavy (non-hydrogen) atoms. The molecule has 0 aliphatic carbocycles. The zero-order chi connectivity index (χ0) is 15.4. The second kappa shape index (κ2) is 6.85. The van der Waals surface area contributed by atoms with E-state index in [2.05, 4.69) is 67.4 Å². The maximum atomic E-state index is 5.51. The van der Waals surface area contributed by atoms with Crippen LogP contribution in [0.4, 0.5) is 0 Å². The molecule has 0 aliphatic rings. The zero-order valence-electron chi connectivity index (χ0n) is 13.6. The smallest absolute Gasteiger partial charge is 0.231 e. The third-order valence-corrected chi connectivity index (χ3v) is 3.93. The molecule has 1 aromatic heterocycles. The molecule has 0 aliphatic heterocycles. The Morgan fingerprint density at radius 1 is 1.24 bits per heavy atom. The van der Waals surface area contributed by atoms with Crippen molar-refractivity contribution >= 4 is 0 Å². The van der Waals surface area contributed by atoms with Gasteiger partial charge >= 0.3 is 0 Å². The summed E-state index contributed by atoms with van der Waals surface area (Å²) in [5.41, 5.74) is 2.46. The van der Waals surface area contributed by atoms with Crippen LogP contribution in [0.15, 0.2) is 28.8 Å². The number of benzene rings is 1. The Balaban J connectivity index is 2.16. The van der Waals surface area contributed by atoms with Crippen molar-refractivity contribution in [3.8, 4) is 0 Å². The van der Waals surface area contributed by atoms with E-state index in [1.807, 2.05) is 7.05 Å². The number of hydrogen-bond donors (Lipinski definition) is 1. The van der Waals surface area contributed by atoms with Crippen LogP contribution in [0.5, 0.6) is 0 Å². The van der Waals surface area contributed by atoms with Gasteiger partial charge in [0, 0.05) is 12.5 Å². The number of nitrogens with zero attached hydrogens (tertiary/aromatic N) is 2.